The van der Waals surface area contributed by atoms with Gasteiger partial charge in [0.05, 0.1) is 44.0 Å². The second-order valence-electron chi connectivity index (χ2n) is 10.0. The lowest BCUT2D eigenvalue weighted by molar-refractivity contribution is -0.0898. The minimum Gasteiger partial charge on any atom is -0.374 e. The molecule has 1 aliphatic rings. The number of nitrogens with zero attached hydrogens (tertiary/aromatic N) is 3. The lowest BCUT2D eigenvalue weighted by atomic mass is 10.0. The molecule has 7 nitrogen and oxygen atoms in total. The van der Waals surface area contributed by atoms with Gasteiger partial charge in [0.25, 0.3) is 0 Å². The van der Waals surface area contributed by atoms with Crippen LogP contribution in [0.1, 0.15) is 28.5 Å². The van der Waals surface area contributed by atoms with Crippen molar-refractivity contribution in [2.24, 2.45) is 0 Å². The van der Waals surface area contributed by atoms with Gasteiger partial charge in [-0.05, 0) is 28.8 Å². The quantitative estimate of drug-likeness (QED) is 0.188. The van der Waals surface area contributed by atoms with Crippen LogP contribution in [-0.2, 0) is 38.8 Å². The summed E-state index contributed by atoms with van der Waals surface area (Å²) in [7, 11) is 0. The smallest absolute Gasteiger partial charge is 0.131 e. The van der Waals surface area contributed by atoms with E-state index in [1.54, 1.807) is 6.20 Å². The van der Waals surface area contributed by atoms with Gasteiger partial charge in [-0.3, -0.25) is 0 Å². The molecule has 0 N–H and O–H groups in total. The predicted octanol–water partition coefficient (Wildman–Crippen LogP) is 6.09. The van der Waals surface area contributed by atoms with E-state index in [2.05, 4.69) is 46.7 Å². The Hall–Kier alpha value is -4.14. The summed E-state index contributed by atoms with van der Waals surface area (Å²) in [6.45, 7) is 1.68. The zero-order valence-corrected chi connectivity index (χ0v) is 22.7. The Morgan fingerprint density at radius 2 is 1.12 bits per heavy atom. The largest absolute Gasteiger partial charge is 0.374 e. The van der Waals surface area contributed by atoms with Crippen molar-refractivity contribution in [3.8, 4) is 5.69 Å². The molecule has 1 aliphatic heterocycles. The van der Waals surface area contributed by atoms with Crippen molar-refractivity contribution in [3.05, 3.63) is 150 Å². The highest BCUT2D eigenvalue weighted by Crippen LogP contribution is 2.39. The molecule has 4 aromatic carbocycles. The topological polar surface area (TPSA) is 67.6 Å². The second kappa shape index (κ2) is 13.5. The van der Waals surface area contributed by atoms with E-state index in [1.807, 2.05) is 89.6 Å². The van der Waals surface area contributed by atoms with E-state index >= 15 is 0 Å². The first kappa shape index (κ1) is 27.1. The molecule has 0 aliphatic carbocycles. The van der Waals surface area contributed by atoms with Gasteiger partial charge in [-0.1, -0.05) is 114 Å². The number of hydrogen-bond donors (Lipinski definition) is 0. The van der Waals surface area contributed by atoms with Crippen LogP contribution in [0.5, 0.6) is 0 Å². The first-order chi connectivity index (χ1) is 20.3. The Kier molecular flexibility index (Phi) is 8.89. The van der Waals surface area contributed by atoms with Gasteiger partial charge in [0.15, 0.2) is 0 Å². The first-order valence-electron chi connectivity index (χ1n) is 13.9. The summed E-state index contributed by atoms with van der Waals surface area (Å²) in [6, 6.07) is 40.3. The summed E-state index contributed by atoms with van der Waals surface area (Å²) >= 11 is 0. The number of ether oxygens (including phenoxy) is 4. The van der Waals surface area contributed by atoms with Crippen LogP contribution in [0.15, 0.2) is 128 Å². The zero-order chi connectivity index (χ0) is 27.7. The molecule has 1 aromatic heterocycles. The Labute approximate surface area is 240 Å². The van der Waals surface area contributed by atoms with Gasteiger partial charge >= 0.3 is 0 Å². The summed E-state index contributed by atoms with van der Waals surface area (Å²) in [5, 5.41) is 8.63. The van der Waals surface area contributed by atoms with E-state index in [0.29, 0.717) is 26.4 Å². The van der Waals surface area contributed by atoms with E-state index in [-0.39, 0.29) is 12.2 Å². The van der Waals surface area contributed by atoms with Gasteiger partial charge in [-0.15, -0.1) is 5.10 Å². The standard InChI is InChI=1S/C34H33N3O4/c1-5-13-26(14-6-1)22-38-25-31-33(39-23-27-15-7-2-8-16-27)34(40-24-28-17-9-3-10-18-28)32(41-31)30-21-35-36-37(30)29-19-11-4-12-20-29/h1-21,31-34H,22-25H2/t31-,32+,33-,34+/m1/s1. The lowest BCUT2D eigenvalue weighted by Gasteiger charge is -2.25. The van der Waals surface area contributed by atoms with Crippen molar-refractivity contribution < 1.29 is 18.9 Å². The van der Waals surface area contributed by atoms with Gasteiger partial charge in [0.1, 0.15) is 24.4 Å². The summed E-state index contributed by atoms with van der Waals surface area (Å²) < 4.78 is 28.0. The fourth-order valence-corrected chi connectivity index (χ4v) is 5.09. The van der Waals surface area contributed by atoms with Gasteiger partial charge in [-0.25, -0.2) is 4.68 Å². The molecule has 1 fully saturated rings. The minimum absolute atomic E-state index is 0.350. The van der Waals surface area contributed by atoms with Crippen LogP contribution in [0, 0.1) is 0 Å². The Morgan fingerprint density at radius 1 is 0.610 bits per heavy atom. The molecule has 0 saturated carbocycles. The Bertz CT molecular complexity index is 1470. The van der Waals surface area contributed by atoms with Crippen molar-refractivity contribution in [1.82, 2.24) is 15.0 Å². The van der Waals surface area contributed by atoms with E-state index in [4.69, 9.17) is 18.9 Å². The Balaban J connectivity index is 1.29. The molecule has 0 amide bonds. The van der Waals surface area contributed by atoms with Crippen LogP contribution >= 0.6 is 0 Å². The highest BCUT2D eigenvalue weighted by atomic mass is 16.6. The number of hydrogen-bond acceptors (Lipinski definition) is 6. The molecule has 0 unspecified atom stereocenters. The fraction of sp³-hybridized carbons (Fsp3) is 0.235. The van der Waals surface area contributed by atoms with E-state index in [1.165, 1.54) is 0 Å². The number of rotatable bonds is 12. The number of para-hydroxylation sites is 1. The highest BCUT2D eigenvalue weighted by Gasteiger charge is 2.48. The number of aromatic nitrogens is 3. The summed E-state index contributed by atoms with van der Waals surface area (Å²) in [5.41, 5.74) is 4.96. The summed E-state index contributed by atoms with van der Waals surface area (Å²) in [6.07, 6.45) is 0.0919. The fourth-order valence-electron chi connectivity index (χ4n) is 5.09. The second-order valence-corrected chi connectivity index (χ2v) is 10.0. The van der Waals surface area contributed by atoms with Gasteiger partial charge in [0.2, 0.25) is 0 Å². The van der Waals surface area contributed by atoms with Gasteiger partial charge < -0.3 is 18.9 Å². The molecule has 41 heavy (non-hydrogen) atoms. The van der Waals surface area contributed by atoms with Crippen LogP contribution in [0.3, 0.4) is 0 Å². The third kappa shape index (κ3) is 6.78. The first-order valence-corrected chi connectivity index (χ1v) is 13.9. The van der Waals surface area contributed by atoms with Crippen LogP contribution in [-0.4, -0.2) is 39.9 Å². The van der Waals surface area contributed by atoms with Crippen LogP contribution < -0.4 is 0 Å². The molecule has 0 bridgehead atoms. The van der Waals surface area contributed by atoms with Crippen LogP contribution in [0.4, 0.5) is 0 Å². The minimum atomic E-state index is -0.472. The summed E-state index contributed by atoms with van der Waals surface area (Å²) in [4.78, 5) is 0. The molecule has 5 aromatic rings. The molecule has 208 valence electrons. The molecule has 4 atom stereocenters. The molecule has 6 rings (SSSR count). The third-order valence-corrected chi connectivity index (χ3v) is 7.14. The average Bonchev–Trinajstić information content (AvgIpc) is 3.66. The Morgan fingerprint density at radius 3 is 1.71 bits per heavy atom. The maximum Gasteiger partial charge on any atom is 0.131 e. The SMILES string of the molecule is c1ccc(COC[C@H]2O[C@@H](c3cnnn3-c3ccccc3)[C@H](OCc3ccccc3)[C@@H]2OCc2ccccc2)cc1. The van der Waals surface area contributed by atoms with Crippen LogP contribution in [0.2, 0.25) is 0 Å². The third-order valence-electron chi connectivity index (χ3n) is 7.14. The van der Waals surface area contributed by atoms with Gasteiger partial charge in [0, 0.05) is 0 Å². The zero-order valence-electron chi connectivity index (χ0n) is 22.7. The van der Waals surface area contributed by atoms with E-state index in [9.17, 15) is 0 Å². The van der Waals surface area contributed by atoms with Crippen molar-refractivity contribution in [1.29, 1.82) is 0 Å². The number of benzene rings is 4. The maximum absolute atomic E-state index is 6.73. The van der Waals surface area contributed by atoms with Crippen molar-refractivity contribution in [3.63, 3.8) is 0 Å². The molecular formula is C34H33N3O4. The molecule has 7 heteroatoms. The molecule has 2 heterocycles. The van der Waals surface area contributed by atoms with Crippen molar-refractivity contribution in [2.45, 2.75) is 44.2 Å². The summed E-state index contributed by atoms with van der Waals surface area (Å²) in [5.74, 6) is 0. The average molecular weight is 548 g/mol. The lowest BCUT2D eigenvalue weighted by Crippen LogP contribution is -2.38. The molecule has 1 saturated heterocycles. The molecule has 0 spiro atoms. The highest BCUT2D eigenvalue weighted by molar-refractivity contribution is 5.32. The van der Waals surface area contributed by atoms with Crippen molar-refractivity contribution in [2.75, 3.05) is 6.61 Å². The van der Waals surface area contributed by atoms with E-state index < -0.39 is 12.2 Å². The molecule has 0 radical (unpaired) electrons. The van der Waals surface area contributed by atoms with Crippen molar-refractivity contribution >= 4 is 0 Å². The van der Waals surface area contributed by atoms with E-state index in [0.717, 1.165) is 28.1 Å². The molecular weight excluding hydrogens is 514 g/mol. The van der Waals surface area contributed by atoms with Crippen LogP contribution in [0.25, 0.3) is 5.69 Å². The predicted molar refractivity (Wildman–Crippen MR) is 155 cm³/mol. The maximum atomic E-state index is 6.73. The normalized spacial score (nSPS) is 20.3. The monoisotopic (exact) mass is 547 g/mol. The van der Waals surface area contributed by atoms with Gasteiger partial charge in [-0.2, -0.15) is 0 Å².